The van der Waals surface area contributed by atoms with E-state index in [1.807, 2.05) is 0 Å². The fourth-order valence-corrected chi connectivity index (χ4v) is 2.10. The smallest absolute Gasteiger partial charge is 0.0620 e. The second-order valence-corrected chi connectivity index (χ2v) is 4.46. The van der Waals surface area contributed by atoms with E-state index in [0.717, 1.165) is 19.8 Å². The van der Waals surface area contributed by atoms with Gasteiger partial charge in [-0.15, -0.1) is 0 Å². The Kier molecular flexibility index (Phi) is 4.84. The summed E-state index contributed by atoms with van der Waals surface area (Å²) >= 11 is 0. The van der Waals surface area contributed by atoms with Crippen molar-refractivity contribution in [3.05, 3.63) is 35.9 Å². The van der Waals surface area contributed by atoms with Crippen molar-refractivity contribution in [2.75, 3.05) is 19.8 Å². The first kappa shape index (κ1) is 11.6. The van der Waals surface area contributed by atoms with E-state index < -0.39 is 0 Å². The molecule has 2 nitrogen and oxygen atoms in total. The highest BCUT2D eigenvalue weighted by atomic mass is 16.5. The van der Waals surface area contributed by atoms with Crippen molar-refractivity contribution in [1.29, 1.82) is 0 Å². The zero-order valence-corrected chi connectivity index (χ0v) is 9.82. The predicted octanol–water partition coefficient (Wildman–Crippen LogP) is 2.39. The molecule has 1 saturated heterocycles. The van der Waals surface area contributed by atoms with Crippen LogP contribution >= 0.6 is 0 Å². The van der Waals surface area contributed by atoms with Crippen molar-refractivity contribution in [2.24, 2.45) is 0 Å². The molecule has 1 aromatic rings. The largest absolute Gasteiger partial charge is 0.380 e. The van der Waals surface area contributed by atoms with Crippen LogP contribution in [0.2, 0.25) is 0 Å². The summed E-state index contributed by atoms with van der Waals surface area (Å²) in [4.78, 5) is 0. The molecule has 0 amide bonds. The van der Waals surface area contributed by atoms with Crippen LogP contribution in [0.15, 0.2) is 30.3 Å². The quantitative estimate of drug-likeness (QED) is 0.742. The van der Waals surface area contributed by atoms with Gasteiger partial charge in [0.15, 0.2) is 0 Å². The second kappa shape index (κ2) is 6.66. The molecule has 1 aromatic carbocycles. The third-order valence-corrected chi connectivity index (χ3v) is 3.10. The van der Waals surface area contributed by atoms with Crippen LogP contribution in [-0.2, 0) is 11.2 Å². The molecule has 1 N–H and O–H groups in total. The Balaban J connectivity index is 1.52. The molecule has 88 valence electrons. The maximum Gasteiger partial charge on any atom is 0.0620 e. The van der Waals surface area contributed by atoms with Gasteiger partial charge in [-0.1, -0.05) is 30.3 Å². The highest BCUT2D eigenvalue weighted by Gasteiger charge is 2.13. The lowest BCUT2D eigenvalue weighted by atomic mass is 10.1. The first-order valence-electron chi connectivity index (χ1n) is 6.30. The van der Waals surface area contributed by atoms with E-state index in [4.69, 9.17) is 4.74 Å². The van der Waals surface area contributed by atoms with Crippen LogP contribution in [0.3, 0.4) is 0 Å². The molecule has 1 aliphatic heterocycles. The molecular weight excluding hydrogens is 198 g/mol. The lowest BCUT2D eigenvalue weighted by molar-refractivity contribution is 0.190. The predicted molar refractivity (Wildman–Crippen MR) is 66.6 cm³/mol. The van der Waals surface area contributed by atoms with Gasteiger partial charge in [-0.3, -0.25) is 0 Å². The van der Waals surface area contributed by atoms with Crippen molar-refractivity contribution in [2.45, 2.75) is 31.7 Å². The minimum absolute atomic E-state index is 0.608. The number of unbranched alkanes of at least 4 members (excludes halogenated alkanes) is 1. The summed E-state index contributed by atoms with van der Waals surface area (Å²) in [6, 6.07) is 11.3. The van der Waals surface area contributed by atoms with E-state index >= 15 is 0 Å². The topological polar surface area (TPSA) is 21.3 Å². The van der Waals surface area contributed by atoms with E-state index in [1.165, 1.54) is 31.2 Å². The van der Waals surface area contributed by atoms with Gasteiger partial charge >= 0.3 is 0 Å². The van der Waals surface area contributed by atoms with Gasteiger partial charge in [-0.25, -0.2) is 0 Å². The summed E-state index contributed by atoms with van der Waals surface area (Å²) in [6.45, 7) is 2.96. The fourth-order valence-electron chi connectivity index (χ4n) is 2.10. The molecule has 1 heterocycles. The average Bonchev–Trinajstić information content (AvgIpc) is 2.83. The van der Waals surface area contributed by atoms with Crippen LogP contribution < -0.4 is 5.32 Å². The standard InChI is InChI=1S/C14H21NO/c1-2-6-13(7-3-1)8-4-5-10-15-14-9-11-16-12-14/h1-3,6-7,14-15H,4-5,8-12H2. The maximum atomic E-state index is 5.32. The summed E-state index contributed by atoms with van der Waals surface area (Å²) in [7, 11) is 0. The van der Waals surface area contributed by atoms with Gasteiger partial charge in [0.25, 0.3) is 0 Å². The van der Waals surface area contributed by atoms with Crippen molar-refractivity contribution in [3.8, 4) is 0 Å². The van der Waals surface area contributed by atoms with Gasteiger partial charge in [-0.05, 0) is 37.8 Å². The Morgan fingerprint density at radius 2 is 2.06 bits per heavy atom. The molecule has 1 aliphatic rings. The zero-order chi connectivity index (χ0) is 11.1. The monoisotopic (exact) mass is 219 g/mol. The molecule has 2 rings (SSSR count). The van der Waals surface area contributed by atoms with Gasteiger partial charge in [0.2, 0.25) is 0 Å². The highest BCUT2D eigenvalue weighted by Crippen LogP contribution is 2.06. The summed E-state index contributed by atoms with van der Waals surface area (Å²) < 4.78 is 5.32. The number of nitrogens with one attached hydrogen (secondary N) is 1. The number of benzene rings is 1. The molecule has 0 aliphatic carbocycles. The first-order valence-corrected chi connectivity index (χ1v) is 6.30. The summed E-state index contributed by atoms with van der Waals surface area (Å²) in [5.41, 5.74) is 1.45. The van der Waals surface area contributed by atoms with Gasteiger partial charge in [0, 0.05) is 12.6 Å². The molecule has 0 bridgehead atoms. The molecule has 2 heteroatoms. The Morgan fingerprint density at radius 1 is 1.19 bits per heavy atom. The van der Waals surface area contributed by atoms with Crippen LogP contribution in [0, 0.1) is 0 Å². The van der Waals surface area contributed by atoms with Gasteiger partial charge in [0.05, 0.1) is 6.61 Å². The van der Waals surface area contributed by atoms with Crippen molar-refractivity contribution in [3.63, 3.8) is 0 Å². The molecule has 0 aromatic heterocycles. The number of rotatable bonds is 6. The average molecular weight is 219 g/mol. The highest BCUT2D eigenvalue weighted by molar-refractivity contribution is 5.14. The normalized spacial score (nSPS) is 20.1. The third kappa shape index (κ3) is 3.95. The van der Waals surface area contributed by atoms with Crippen LogP contribution in [0.4, 0.5) is 0 Å². The van der Waals surface area contributed by atoms with Crippen LogP contribution in [0.5, 0.6) is 0 Å². The van der Waals surface area contributed by atoms with Crippen molar-refractivity contribution < 1.29 is 4.74 Å². The molecule has 0 spiro atoms. The molecule has 1 unspecified atom stereocenters. The van der Waals surface area contributed by atoms with E-state index in [2.05, 4.69) is 35.6 Å². The molecule has 16 heavy (non-hydrogen) atoms. The van der Waals surface area contributed by atoms with Gasteiger partial charge < -0.3 is 10.1 Å². The van der Waals surface area contributed by atoms with Crippen LogP contribution in [0.1, 0.15) is 24.8 Å². The molecule has 0 radical (unpaired) electrons. The van der Waals surface area contributed by atoms with Crippen LogP contribution in [0.25, 0.3) is 0 Å². The first-order chi connectivity index (χ1) is 7.95. The summed E-state index contributed by atoms with van der Waals surface area (Å²) in [5.74, 6) is 0. The number of ether oxygens (including phenoxy) is 1. The van der Waals surface area contributed by atoms with Gasteiger partial charge in [0.1, 0.15) is 0 Å². The lowest BCUT2D eigenvalue weighted by Gasteiger charge is -2.09. The summed E-state index contributed by atoms with van der Waals surface area (Å²) in [6.07, 6.45) is 4.90. The Morgan fingerprint density at radius 3 is 2.81 bits per heavy atom. The van der Waals surface area contributed by atoms with E-state index in [1.54, 1.807) is 0 Å². The molecule has 1 fully saturated rings. The number of hydrogen-bond acceptors (Lipinski definition) is 2. The minimum atomic E-state index is 0.608. The number of aryl methyl sites for hydroxylation is 1. The van der Waals surface area contributed by atoms with E-state index in [0.29, 0.717) is 6.04 Å². The Labute approximate surface area is 98.0 Å². The summed E-state index contributed by atoms with van der Waals surface area (Å²) in [5, 5.41) is 3.54. The van der Waals surface area contributed by atoms with E-state index in [-0.39, 0.29) is 0 Å². The Bertz CT molecular complexity index is 280. The molecule has 1 atom stereocenters. The lowest BCUT2D eigenvalue weighted by Crippen LogP contribution is -2.29. The van der Waals surface area contributed by atoms with Crippen molar-refractivity contribution in [1.82, 2.24) is 5.32 Å². The zero-order valence-electron chi connectivity index (χ0n) is 9.82. The van der Waals surface area contributed by atoms with E-state index in [9.17, 15) is 0 Å². The molecular formula is C14H21NO. The van der Waals surface area contributed by atoms with Gasteiger partial charge in [-0.2, -0.15) is 0 Å². The fraction of sp³-hybridized carbons (Fsp3) is 0.571. The molecule has 0 saturated carbocycles. The van der Waals surface area contributed by atoms with Crippen LogP contribution in [-0.4, -0.2) is 25.8 Å². The SMILES string of the molecule is c1ccc(CCCCNC2CCOC2)cc1. The number of hydrogen-bond donors (Lipinski definition) is 1. The minimum Gasteiger partial charge on any atom is -0.380 e. The second-order valence-electron chi connectivity index (χ2n) is 4.46. The van der Waals surface area contributed by atoms with Crippen molar-refractivity contribution >= 4 is 0 Å². The maximum absolute atomic E-state index is 5.32. The Hall–Kier alpha value is -0.860. The third-order valence-electron chi connectivity index (χ3n) is 3.10.